The maximum atomic E-state index is 13.6. The summed E-state index contributed by atoms with van der Waals surface area (Å²) in [4.78, 5) is 33.4. The number of ether oxygens (including phenoxy) is 1. The van der Waals surface area contributed by atoms with Crippen LogP contribution in [0.1, 0.15) is 79.0 Å². The maximum absolute atomic E-state index is 13.6. The normalized spacial score (nSPS) is 16.2. The largest absolute Gasteiger partial charge is 0.465 e. The van der Waals surface area contributed by atoms with Crippen molar-refractivity contribution in [3.05, 3.63) is 64.8 Å². The number of benzene rings is 2. The first-order valence-corrected chi connectivity index (χ1v) is 15.8. The lowest BCUT2D eigenvalue weighted by Crippen LogP contribution is -2.40. The van der Waals surface area contributed by atoms with Crippen LogP contribution in [0.3, 0.4) is 0 Å². The van der Waals surface area contributed by atoms with Gasteiger partial charge in [-0.05, 0) is 56.4 Å². The van der Waals surface area contributed by atoms with E-state index < -0.39 is 21.5 Å². The summed E-state index contributed by atoms with van der Waals surface area (Å²) in [5.74, 6) is 0.235. The fourth-order valence-corrected chi connectivity index (χ4v) is 6.96. The molecule has 5 rings (SSSR count). The Balaban J connectivity index is 1.51. The van der Waals surface area contributed by atoms with Crippen LogP contribution in [0.25, 0.3) is 11.1 Å². The van der Waals surface area contributed by atoms with E-state index in [4.69, 9.17) is 14.3 Å². The number of sulfonamides is 1. The molecule has 42 heavy (non-hydrogen) atoms. The van der Waals surface area contributed by atoms with Gasteiger partial charge in [-0.3, -0.25) is 14.7 Å². The highest BCUT2D eigenvalue weighted by molar-refractivity contribution is 7.92. The molecule has 0 atom stereocenters. The van der Waals surface area contributed by atoms with Crippen LogP contribution in [0.5, 0.6) is 0 Å². The van der Waals surface area contributed by atoms with Crippen molar-refractivity contribution in [3.8, 4) is 11.1 Å². The topological polar surface area (TPSA) is 131 Å². The molecule has 1 spiro atoms. The molecule has 1 aromatic heterocycles. The number of amidine groups is 1. The Kier molecular flexibility index (Phi) is 8.23. The summed E-state index contributed by atoms with van der Waals surface area (Å²) in [5, 5.41) is 3.83. The number of amides is 1. The SMILES string of the molecule is CCCCC1=NC2(CCCC2)C(=O)N1Cc1ccc(-c2ccccc2S(=O)(=O)Nc2onc(C)c2C)c(C(=O)OC)c1. The number of rotatable bonds is 10. The van der Waals surface area contributed by atoms with E-state index in [9.17, 15) is 18.0 Å². The van der Waals surface area contributed by atoms with Crippen molar-refractivity contribution < 1.29 is 27.3 Å². The van der Waals surface area contributed by atoms with Gasteiger partial charge in [0.05, 0.1) is 29.8 Å². The minimum Gasteiger partial charge on any atom is -0.465 e. The molecule has 1 aliphatic heterocycles. The van der Waals surface area contributed by atoms with Crippen LogP contribution in [0, 0.1) is 13.8 Å². The fraction of sp³-hybridized carbons (Fsp3) is 0.419. The molecule has 1 fully saturated rings. The standard InChI is InChI=1S/C31H36N4O6S/c1-5-6-13-27-32-31(16-9-10-17-31)30(37)35(27)19-22-14-15-23(25(18-22)29(36)40-4)24-11-7-8-12-26(24)42(38,39)34-28-20(2)21(3)33-41-28/h7-8,11-12,14-15,18,34H,5-6,9-10,13,16-17,19H2,1-4H3. The van der Waals surface area contributed by atoms with Crippen LogP contribution in [0.4, 0.5) is 5.88 Å². The average Bonchev–Trinajstić information content (AvgIpc) is 3.66. The Morgan fingerprint density at radius 3 is 2.52 bits per heavy atom. The Labute approximate surface area is 246 Å². The van der Waals surface area contributed by atoms with Gasteiger partial charge in [-0.25, -0.2) is 17.9 Å². The number of hydrogen-bond acceptors (Lipinski definition) is 8. The predicted molar refractivity (Wildman–Crippen MR) is 159 cm³/mol. The second-order valence-electron chi connectivity index (χ2n) is 11.0. The van der Waals surface area contributed by atoms with Gasteiger partial charge < -0.3 is 9.26 Å². The zero-order valence-corrected chi connectivity index (χ0v) is 25.2. The number of esters is 1. The number of anilines is 1. The van der Waals surface area contributed by atoms with Gasteiger partial charge in [-0.2, -0.15) is 0 Å². The molecule has 1 saturated carbocycles. The molecule has 1 aliphatic carbocycles. The maximum Gasteiger partial charge on any atom is 0.338 e. The lowest BCUT2D eigenvalue weighted by atomic mass is 9.96. The molecular weight excluding hydrogens is 556 g/mol. The number of unbranched alkanes of at least 4 members (excludes halogenated alkanes) is 1. The summed E-state index contributed by atoms with van der Waals surface area (Å²) in [6.45, 7) is 5.80. The number of nitrogens with zero attached hydrogens (tertiary/aromatic N) is 3. The number of methoxy groups -OCH3 is 1. The molecule has 11 heteroatoms. The lowest BCUT2D eigenvalue weighted by molar-refractivity contribution is -0.131. The minimum atomic E-state index is -4.12. The molecule has 2 aliphatic rings. The summed E-state index contributed by atoms with van der Waals surface area (Å²) >= 11 is 0. The molecule has 0 saturated heterocycles. The molecule has 10 nitrogen and oxygen atoms in total. The van der Waals surface area contributed by atoms with Gasteiger partial charge in [0.15, 0.2) is 0 Å². The lowest BCUT2D eigenvalue weighted by Gasteiger charge is -2.23. The number of aryl methyl sites for hydroxylation is 1. The van der Waals surface area contributed by atoms with E-state index in [2.05, 4.69) is 16.8 Å². The molecule has 0 unspecified atom stereocenters. The number of aromatic nitrogens is 1. The monoisotopic (exact) mass is 592 g/mol. The van der Waals surface area contributed by atoms with Gasteiger partial charge in [0.1, 0.15) is 11.4 Å². The third kappa shape index (κ3) is 5.45. The Hall–Kier alpha value is -3.99. The summed E-state index contributed by atoms with van der Waals surface area (Å²) in [7, 11) is -2.84. The fourth-order valence-electron chi connectivity index (χ4n) is 5.70. The van der Waals surface area contributed by atoms with Gasteiger partial charge in [0, 0.05) is 17.5 Å². The second kappa shape index (κ2) is 11.7. The molecule has 0 radical (unpaired) electrons. The van der Waals surface area contributed by atoms with Gasteiger partial charge in [-0.1, -0.05) is 61.7 Å². The highest BCUT2D eigenvalue weighted by atomic mass is 32.2. The zero-order chi connectivity index (χ0) is 30.1. The predicted octanol–water partition coefficient (Wildman–Crippen LogP) is 5.79. The van der Waals surface area contributed by atoms with Crippen molar-refractivity contribution in [2.24, 2.45) is 4.99 Å². The number of hydrogen-bond donors (Lipinski definition) is 1. The van der Waals surface area contributed by atoms with Crippen LogP contribution in [-0.2, 0) is 26.1 Å². The number of aliphatic imine (C=N–C) groups is 1. The van der Waals surface area contributed by atoms with Crippen molar-refractivity contribution in [2.45, 2.75) is 82.7 Å². The smallest absolute Gasteiger partial charge is 0.338 e. The Bertz CT molecular complexity index is 1650. The van der Waals surface area contributed by atoms with E-state index in [0.29, 0.717) is 28.8 Å². The van der Waals surface area contributed by atoms with Gasteiger partial charge in [0.25, 0.3) is 15.9 Å². The van der Waals surface area contributed by atoms with E-state index in [-0.39, 0.29) is 28.8 Å². The quantitative estimate of drug-likeness (QED) is 0.295. The number of nitrogens with one attached hydrogen (secondary N) is 1. The molecule has 1 amide bonds. The summed E-state index contributed by atoms with van der Waals surface area (Å²) < 4.78 is 39.8. The van der Waals surface area contributed by atoms with Gasteiger partial charge in [-0.15, -0.1) is 0 Å². The Morgan fingerprint density at radius 1 is 1.12 bits per heavy atom. The molecule has 3 aromatic rings. The van der Waals surface area contributed by atoms with E-state index in [1.165, 1.54) is 13.2 Å². The third-order valence-electron chi connectivity index (χ3n) is 8.16. The van der Waals surface area contributed by atoms with Crippen molar-refractivity contribution >= 4 is 33.6 Å². The number of carbonyl (C=O) groups is 2. The summed E-state index contributed by atoms with van der Waals surface area (Å²) in [6, 6.07) is 11.6. The second-order valence-corrected chi connectivity index (χ2v) is 12.6. The first kappa shape index (κ1) is 29.5. The molecule has 2 heterocycles. The van der Waals surface area contributed by atoms with E-state index in [1.54, 1.807) is 49.1 Å². The average molecular weight is 593 g/mol. The minimum absolute atomic E-state index is 0.0234. The highest BCUT2D eigenvalue weighted by Crippen LogP contribution is 2.40. The molecule has 222 valence electrons. The van der Waals surface area contributed by atoms with Crippen molar-refractivity contribution in [1.29, 1.82) is 0 Å². The van der Waals surface area contributed by atoms with Crippen molar-refractivity contribution in [1.82, 2.24) is 10.1 Å². The first-order valence-electron chi connectivity index (χ1n) is 14.3. The van der Waals surface area contributed by atoms with Gasteiger partial charge >= 0.3 is 5.97 Å². The Morgan fingerprint density at radius 2 is 1.86 bits per heavy atom. The third-order valence-corrected chi connectivity index (χ3v) is 9.55. The van der Waals surface area contributed by atoms with Crippen LogP contribution in [0.15, 0.2) is 56.9 Å². The zero-order valence-electron chi connectivity index (χ0n) is 24.4. The summed E-state index contributed by atoms with van der Waals surface area (Å²) in [6.07, 6.45) is 6.12. The van der Waals surface area contributed by atoms with E-state index in [0.717, 1.165) is 49.9 Å². The highest BCUT2D eigenvalue weighted by Gasteiger charge is 2.49. The van der Waals surface area contributed by atoms with Crippen LogP contribution < -0.4 is 4.72 Å². The molecular formula is C31H36N4O6S. The van der Waals surface area contributed by atoms with Crippen molar-refractivity contribution in [3.63, 3.8) is 0 Å². The van der Waals surface area contributed by atoms with E-state index >= 15 is 0 Å². The van der Waals surface area contributed by atoms with Gasteiger partial charge in [0.2, 0.25) is 5.88 Å². The number of carbonyl (C=O) groups excluding carboxylic acids is 2. The van der Waals surface area contributed by atoms with Crippen molar-refractivity contribution in [2.75, 3.05) is 11.8 Å². The van der Waals surface area contributed by atoms with Crippen LogP contribution in [0.2, 0.25) is 0 Å². The first-order chi connectivity index (χ1) is 20.1. The molecule has 0 bridgehead atoms. The molecule has 2 aromatic carbocycles. The van der Waals surface area contributed by atoms with Crippen LogP contribution in [-0.4, -0.2) is 48.8 Å². The molecule has 1 N–H and O–H groups in total. The van der Waals surface area contributed by atoms with E-state index in [1.807, 2.05) is 6.07 Å². The summed E-state index contributed by atoms with van der Waals surface area (Å²) in [5.41, 5.74) is 2.11. The van der Waals surface area contributed by atoms with Crippen LogP contribution >= 0.6 is 0 Å².